The van der Waals surface area contributed by atoms with Gasteiger partial charge < -0.3 is 16.6 Å². The van der Waals surface area contributed by atoms with Gasteiger partial charge in [0.25, 0.3) is 0 Å². The summed E-state index contributed by atoms with van der Waals surface area (Å²) >= 11 is 0. The van der Waals surface area contributed by atoms with Crippen molar-refractivity contribution in [1.82, 2.24) is 24.7 Å². The number of anilines is 1. The lowest BCUT2D eigenvalue weighted by molar-refractivity contribution is -0.138. The number of carboxylic acids is 1. The molecular weight excluding hydrogens is 394 g/mol. The number of nitrogen functional groups attached to an aromatic ring is 1. The largest absolute Gasteiger partial charge is 0.480 e. The van der Waals surface area contributed by atoms with Crippen LogP contribution in [-0.2, 0) is 17.8 Å². The molecule has 31 heavy (non-hydrogen) atoms. The molecule has 4 aromatic rings. The van der Waals surface area contributed by atoms with Crippen LogP contribution in [0.3, 0.4) is 0 Å². The van der Waals surface area contributed by atoms with Gasteiger partial charge in [-0.3, -0.25) is 9.48 Å². The average Bonchev–Trinajstić information content (AvgIpc) is 3.21. The van der Waals surface area contributed by atoms with Crippen molar-refractivity contribution in [2.45, 2.75) is 31.8 Å². The highest BCUT2D eigenvalue weighted by atomic mass is 16.4. The van der Waals surface area contributed by atoms with Gasteiger partial charge >= 0.3 is 5.97 Å². The van der Waals surface area contributed by atoms with Gasteiger partial charge in [-0.2, -0.15) is 15.1 Å². The standard InChI is InChI=1S/C22H23N7O2/c1-13(15-7-6-14-4-2-3-5-16(14)11-15)10-19-25-20(27-22(24)26-19)18-8-9-29(28-18)12-17(23)21(30)31/h2-9,11,13,17H,10,12,23H2,1H3,(H,30,31)(H2,24,25,26,27)/t13-,17?/m0/s1. The highest BCUT2D eigenvalue weighted by Gasteiger charge is 2.16. The molecule has 0 aliphatic heterocycles. The molecular formula is C22H23N7O2. The van der Waals surface area contributed by atoms with Gasteiger partial charge in [0.05, 0.1) is 6.54 Å². The Hall–Kier alpha value is -3.85. The summed E-state index contributed by atoms with van der Waals surface area (Å²) < 4.78 is 1.45. The van der Waals surface area contributed by atoms with Gasteiger partial charge in [0, 0.05) is 12.6 Å². The summed E-state index contributed by atoms with van der Waals surface area (Å²) in [4.78, 5) is 24.0. The van der Waals surface area contributed by atoms with Crippen LogP contribution in [0.15, 0.2) is 54.7 Å². The second-order valence-corrected chi connectivity index (χ2v) is 7.51. The van der Waals surface area contributed by atoms with Crippen LogP contribution in [0.1, 0.15) is 24.2 Å². The topological polar surface area (TPSA) is 146 Å². The Labute approximate surface area is 178 Å². The van der Waals surface area contributed by atoms with Crippen LogP contribution in [0.25, 0.3) is 22.3 Å². The number of hydrogen-bond acceptors (Lipinski definition) is 7. The quantitative estimate of drug-likeness (QED) is 0.415. The predicted octanol–water partition coefficient (Wildman–Crippen LogP) is 2.23. The molecule has 158 valence electrons. The number of rotatable bonds is 7. The first-order chi connectivity index (χ1) is 14.9. The molecule has 0 saturated carbocycles. The molecule has 0 radical (unpaired) electrons. The molecule has 4 rings (SSSR count). The third-order valence-electron chi connectivity index (χ3n) is 5.10. The summed E-state index contributed by atoms with van der Waals surface area (Å²) in [5.74, 6) is 0.107. The van der Waals surface area contributed by atoms with Gasteiger partial charge in [-0.1, -0.05) is 49.4 Å². The van der Waals surface area contributed by atoms with E-state index in [-0.39, 0.29) is 18.4 Å². The van der Waals surface area contributed by atoms with Crippen LogP contribution in [-0.4, -0.2) is 41.9 Å². The Morgan fingerprint density at radius 2 is 1.87 bits per heavy atom. The number of nitrogens with zero attached hydrogens (tertiary/aromatic N) is 5. The van der Waals surface area contributed by atoms with E-state index in [2.05, 4.69) is 57.3 Å². The zero-order valence-corrected chi connectivity index (χ0v) is 17.0. The molecule has 2 aromatic carbocycles. The molecule has 2 heterocycles. The van der Waals surface area contributed by atoms with E-state index < -0.39 is 12.0 Å². The van der Waals surface area contributed by atoms with Gasteiger partial charge in [0.15, 0.2) is 5.82 Å². The molecule has 2 aromatic heterocycles. The number of aliphatic carboxylic acids is 1. The highest BCUT2D eigenvalue weighted by Crippen LogP contribution is 2.24. The Morgan fingerprint density at radius 3 is 2.65 bits per heavy atom. The number of carboxylic acid groups (broad SMARTS) is 1. The first-order valence-corrected chi connectivity index (χ1v) is 9.90. The summed E-state index contributed by atoms with van der Waals surface area (Å²) in [6.45, 7) is 2.16. The van der Waals surface area contributed by atoms with Gasteiger partial charge in [-0.15, -0.1) is 0 Å². The van der Waals surface area contributed by atoms with E-state index in [1.165, 1.54) is 21.0 Å². The first kappa shape index (κ1) is 20.4. The lowest BCUT2D eigenvalue weighted by atomic mass is 9.95. The van der Waals surface area contributed by atoms with Crippen molar-refractivity contribution in [3.8, 4) is 11.5 Å². The molecule has 2 atom stereocenters. The van der Waals surface area contributed by atoms with E-state index in [1.54, 1.807) is 12.3 Å². The monoisotopic (exact) mass is 417 g/mol. The Kier molecular flexibility index (Phi) is 5.59. The Balaban J connectivity index is 1.55. The normalized spacial score (nSPS) is 13.2. The third-order valence-corrected chi connectivity index (χ3v) is 5.10. The van der Waals surface area contributed by atoms with Crippen LogP contribution in [0.5, 0.6) is 0 Å². The molecule has 0 fully saturated rings. The van der Waals surface area contributed by atoms with Crippen molar-refractivity contribution in [3.63, 3.8) is 0 Å². The van der Waals surface area contributed by atoms with Gasteiger partial charge in [-0.25, -0.2) is 4.98 Å². The summed E-state index contributed by atoms with van der Waals surface area (Å²) in [5, 5.41) is 15.7. The molecule has 1 unspecified atom stereocenters. The molecule has 0 aliphatic carbocycles. The van der Waals surface area contributed by atoms with E-state index in [1.807, 2.05) is 12.1 Å². The number of nitrogens with two attached hydrogens (primary N) is 2. The minimum absolute atomic E-state index is 0.0434. The molecule has 5 N–H and O–H groups in total. The zero-order chi connectivity index (χ0) is 22.0. The third kappa shape index (κ3) is 4.67. The van der Waals surface area contributed by atoms with Gasteiger partial charge in [0.1, 0.15) is 17.6 Å². The Morgan fingerprint density at radius 1 is 1.10 bits per heavy atom. The number of benzene rings is 2. The fourth-order valence-electron chi connectivity index (χ4n) is 3.41. The van der Waals surface area contributed by atoms with Crippen molar-refractivity contribution >= 4 is 22.7 Å². The van der Waals surface area contributed by atoms with E-state index in [4.69, 9.17) is 16.6 Å². The number of aromatic nitrogens is 5. The molecule has 9 heteroatoms. The summed E-state index contributed by atoms with van der Waals surface area (Å²) in [6, 6.07) is 15.3. The van der Waals surface area contributed by atoms with E-state index in [9.17, 15) is 4.79 Å². The molecule has 0 amide bonds. The fourth-order valence-corrected chi connectivity index (χ4v) is 3.41. The minimum atomic E-state index is -1.09. The maximum Gasteiger partial charge on any atom is 0.322 e. The molecule has 0 saturated heterocycles. The van der Waals surface area contributed by atoms with Crippen molar-refractivity contribution in [2.24, 2.45) is 5.73 Å². The van der Waals surface area contributed by atoms with Crippen molar-refractivity contribution in [2.75, 3.05) is 5.73 Å². The van der Waals surface area contributed by atoms with Crippen molar-refractivity contribution in [3.05, 3.63) is 66.1 Å². The summed E-state index contributed by atoms with van der Waals surface area (Å²) in [5.41, 5.74) is 13.2. The average molecular weight is 417 g/mol. The molecule has 0 bridgehead atoms. The lowest BCUT2D eigenvalue weighted by Crippen LogP contribution is -2.34. The molecule has 9 nitrogen and oxygen atoms in total. The van der Waals surface area contributed by atoms with Crippen LogP contribution in [0.4, 0.5) is 5.95 Å². The van der Waals surface area contributed by atoms with Crippen molar-refractivity contribution < 1.29 is 9.90 Å². The fraction of sp³-hybridized carbons (Fsp3) is 0.227. The van der Waals surface area contributed by atoms with E-state index >= 15 is 0 Å². The van der Waals surface area contributed by atoms with Crippen LogP contribution in [0.2, 0.25) is 0 Å². The van der Waals surface area contributed by atoms with Gasteiger partial charge in [-0.05, 0) is 28.3 Å². The number of hydrogen-bond donors (Lipinski definition) is 3. The van der Waals surface area contributed by atoms with E-state index in [0.29, 0.717) is 23.8 Å². The molecule has 0 spiro atoms. The Bertz CT molecular complexity index is 1240. The summed E-state index contributed by atoms with van der Waals surface area (Å²) in [6.07, 6.45) is 2.22. The van der Waals surface area contributed by atoms with Crippen LogP contribution in [0, 0.1) is 0 Å². The highest BCUT2D eigenvalue weighted by molar-refractivity contribution is 5.83. The van der Waals surface area contributed by atoms with Crippen LogP contribution < -0.4 is 11.5 Å². The maximum atomic E-state index is 10.9. The maximum absolute atomic E-state index is 10.9. The first-order valence-electron chi connectivity index (χ1n) is 9.90. The second kappa shape index (κ2) is 8.49. The van der Waals surface area contributed by atoms with E-state index in [0.717, 1.165) is 0 Å². The smallest absolute Gasteiger partial charge is 0.322 e. The second-order valence-electron chi connectivity index (χ2n) is 7.51. The lowest BCUT2D eigenvalue weighted by Gasteiger charge is -2.12. The minimum Gasteiger partial charge on any atom is -0.480 e. The van der Waals surface area contributed by atoms with Crippen LogP contribution >= 0.6 is 0 Å². The van der Waals surface area contributed by atoms with Crippen molar-refractivity contribution in [1.29, 1.82) is 0 Å². The SMILES string of the molecule is C[C@@H](Cc1nc(N)nc(-c2ccn(CC(N)C(=O)O)n2)n1)c1ccc2ccccc2c1. The summed E-state index contributed by atoms with van der Waals surface area (Å²) in [7, 11) is 0. The predicted molar refractivity (Wildman–Crippen MR) is 117 cm³/mol. The van der Waals surface area contributed by atoms with Gasteiger partial charge in [0.2, 0.25) is 5.95 Å². The number of fused-ring (bicyclic) bond motifs is 1. The zero-order valence-electron chi connectivity index (χ0n) is 17.0. The molecule has 0 aliphatic rings. The number of carbonyl (C=O) groups is 1.